The molecule has 0 aliphatic rings. The largest absolute Gasteiger partial charge is 0.465 e. The Hall–Kier alpha value is -2.04. The molecule has 6 heteroatoms. The van der Waals surface area contributed by atoms with Gasteiger partial charge in [-0.25, -0.2) is 0 Å². The molecule has 0 saturated carbocycles. The van der Waals surface area contributed by atoms with Crippen LogP contribution in [0, 0.1) is 0 Å². The van der Waals surface area contributed by atoms with E-state index in [1.54, 1.807) is 0 Å². The lowest BCUT2D eigenvalue weighted by Gasteiger charge is -2.21. The molecule has 0 heterocycles. The summed E-state index contributed by atoms with van der Waals surface area (Å²) in [6.45, 7) is 4.14. The van der Waals surface area contributed by atoms with Crippen molar-refractivity contribution in [1.82, 2.24) is 4.90 Å². The molecule has 0 bridgehead atoms. The van der Waals surface area contributed by atoms with E-state index >= 15 is 0 Å². The number of rotatable bonds is 8. The second kappa shape index (κ2) is 8.97. The zero-order valence-electron chi connectivity index (χ0n) is 11.0. The van der Waals surface area contributed by atoms with Crippen molar-refractivity contribution in [3.63, 3.8) is 0 Å². The number of hydrogen-bond acceptors (Lipinski definition) is 4. The number of azide groups is 1. The summed E-state index contributed by atoms with van der Waals surface area (Å²) >= 11 is 0. The van der Waals surface area contributed by atoms with E-state index < -0.39 is 0 Å². The van der Waals surface area contributed by atoms with E-state index in [9.17, 15) is 4.79 Å². The highest BCUT2D eigenvalue weighted by atomic mass is 16.5. The topological polar surface area (TPSA) is 78.3 Å². The van der Waals surface area contributed by atoms with Gasteiger partial charge in [-0.2, -0.15) is 0 Å². The highest BCUT2D eigenvalue weighted by Crippen LogP contribution is 2.04. The van der Waals surface area contributed by atoms with Crippen molar-refractivity contribution in [2.45, 2.75) is 13.5 Å². The Balaban J connectivity index is 2.47. The minimum atomic E-state index is -0.283. The SMILES string of the molecule is CC(=O)OCCN(CCN=[N+]=[N-])Cc1ccccc1. The van der Waals surface area contributed by atoms with Crippen molar-refractivity contribution < 1.29 is 9.53 Å². The Morgan fingerprint density at radius 1 is 1.37 bits per heavy atom. The second-order valence-corrected chi connectivity index (χ2v) is 4.06. The predicted molar refractivity (Wildman–Crippen MR) is 72.4 cm³/mol. The third-order valence-electron chi connectivity index (χ3n) is 2.54. The molecule has 102 valence electrons. The van der Waals surface area contributed by atoms with Gasteiger partial charge in [-0.3, -0.25) is 9.69 Å². The highest BCUT2D eigenvalue weighted by molar-refractivity contribution is 5.65. The van der Waals surface area contributed by atoms with E-state index in [2.05, 4.69) is 14.9 Å². The lowest BCUT2D eigenvalue weighted by atomic mass is 10.2. The van der Waals surface area contributed by atoms with Gasteiger partial charge in [-0.05, 0) is 11.1 Å². The van der Waals surface area contributed by atoms with Crippen LogP contribution in [-0.4, -0.2) is 37.1 Å². The van der Waals surface area contributed by atoms with Crippen molar-refractivity contribution >= 4 is 5.97 Å². The summed E-state index contributed by atoms with van der Waals surface area (Å²) in [6, 6.07) is 9.99. The summed E-state index contributed by atoms with van der Waals surface area (Å²) in [6.07, 6.45) is 0. The first-order chi connectivity index (χ1) is 9.22. The summed E-state index contributed by atoms with van der Waals surface area (Å²) in [4.78, 5) is 15.6. The quantitative estimate of drug-likeness (QED) is 0.312. The maximum atomic E-state index is 10.7. The maximum Gasteiger partial charge on any atom is 0.302 e. The lowest BCUT2D eigenvalue weighted by Crippen LogP contribution is -2.30. The third-order valence-corrected chi connectivity index (χ3v) is 2.54. The van der Waals surface area contributed by atoms with Crippen LogP contribution in [-0.2, 0) is 16.1 Å². The molecule has 1 aromatic carbocycles. The molecule has 6 nitrogen and oxygen atoms in total. The van der Waals surface area contributed by atoms with E-state index in [1.807, 2.05) is 30.3 Å². The van der Waals surface area contributed by atoms with Crippen LogP contribution < -0.4 is 0 Å². The number of nitrogens with zero attached hydrogens (tertiary/aromatic N) is 4. The van der Waals surface area contributed by atoms with E-state index in [4.69, 9.17) is 10.3 Å². The van der Waals surface area contributed by atoms with Gasteiger partial charge in [-0.15, -0.1) is 0 Å². The Morgan fingerprint density at radius 2 is 2.11 bits per heavy atom. The summed E-state index contributed by atoms with van der Waals surface area (Å²) in [5.41, 5.74) is 9.46. The van der Waals surface area contributed by atoms with Crippen molar-refractivity contribution in [2.75, 3.05) is 26.2 Å². The first-order valence-electron chi connectivity index (χ1n) is 6.13. The van der Waals surface area contributed by atoms with Gasteiger partial charge >= 0.3 is 5.97 Å². The van der Waals surface area contributed by atoms with E-state index in [1.165, 1.54) is 12.5 Å². The first-order valence-corrected chi connectivity index (χ1v) is 6.13. The van der Waals surface area contributed by atoms with E-state index in [-0.39, 0.29) is 5.97 Å². The molecule has 19 heavy (non-hydrogen) atoms. The molecule has 0 saturated heterocycles. The fourth-order valence-electron chi connectivity index (χ4n) is 1.66. The Morgan fingerprint density at radius 3 is 2.74 bits per heavy atom. The Bertz CT molecular complexity index is 430. The van der Waals surface area contributed by atoms with E-state index in [0.29, 0.717) is 26.2 Å². The number of carbonyl (C=O) groups is 1. The van der Waals surface area contributed by atoms with Gasteiger partial charge in [0.15, 0.2) is 0 Å². The minimum absolute atomic E-state index is 0.283. The number of carbonyl (C=O) groups excluding carboxylic acids is 1. The summed E-state index contributed by atoms with van der Waals surface area (Å²) in [5.74, 6) is -0.283. The van der Waals surface area contributed by atoms with Gasteiger partial charge in [-0.1, -0.05) is 35.4 Å². The maximum absolute atomic E-state index is 10.7. The summed E-state index contributed by atoms with van der Waals surface area (Å²) in [5, 5.41) is 3.53. The number of esters is 1. The molecule has 0 unspecified atom stereocenters. The molecule has 0 fully saturated rings. The van der Waals surface area contributed by atoms with Crippen LogP contribution in [0.4, 0.5) is 0 Å². The molecule has 0 aliphatic carbocycles. The summed E-state index contributed by atoms with van der Waals surface area (Å²) in [7, 11) is 0. The number of ether oxygens (including phenoxy) is 1. The molecule has 0 atom stereocenters. The Kier molecular flexibility index (Phi) is 7.09. The lowest BCUT2D eigenvalue weighted by molar-refractivity contribution is -0.141. The first kappa shape index (κ1) is 15.0. The molecular weight excluding hydrogens is 244 g/mol. The number of benzene rings is 1. The zero-order chi connectivity index (χ0) is 13.9. The highest BCUT2D eigenvalue weighted by Gasteiger charge is 2.06. The van der Waals surface area contributed by atoms with E-state index in [0.717, 1.165) is 6.54 Å². The van der Waals surface area contributed by atoms with Gasteiger partial charge < -0.3 is 4.74 Å². The van der Waals surface area contributed by atoms with Gasteiger partial charge in [0.1, 0.15) is 6.61 Å². The molecule has 1 aromatic rings. The van der Waals surface area contributed by atoms with Crippen LogP contribution in [0.1, 0.15) is 12.5 Å². The number of hydrogen-bond donors (Lipinski definition) is 0. The van der Waals surface area contributed by atoms with Gasteiger partial charge in [0, 0.05) is 38.0 Å². The standard InChI is InChI=1S/C13H18N4O2/c1-12(18)19-10-9-17(8-7-15-16-14)11-13-5-3-2-4-6-13/h2-6H,7-11H2,1H3. The van der Waals surface area contributed by atoms with Crippen molar-refractivity contribution in [3.8, 4) is 0 Å². The van der Waals surface area contributed by atoms with Crippen LogP contribution in [0.25, 0.3) is 10.4 Å². The van der Waals surface area contributed by atoms with Crippen LogP contribution in [0.5, 0.6) is 0 Å². The normalized spacial score (nSPS) is 10.0. The van der Waals surface area contributed by atoms with Crippen LogP contribution in [0.2, 0.25) is 0 Å². The fourth-order valence-corrected chi connectivity index (χ4v) is 1.66. The molecular formula is C13H18N4O2. The van der Waals surface area contributed by atoms with Gasteiger partial charge in [0.2, 0.25) is 0 Å². The molecule has 0 aliphatic heterocycles. The zero-order valence-corrected chi connectivity index (χ0v) is 11.0. The van der Waals surface area contributed by atoms with Crippen molar-refractivity contribution in [2.24, 2.45) is 5.11 Å². The fraction of sp³-hybridized carbons (Fsp3) is 0.462. The summed E-state index contributed by atoms with van der Waals surface area (Å²) < 4.78 is 4.93. The molecule has 0 radical (unpaired) electrons. The van der Waals surface area contributed by atoms with Crippen LogP contribution >= 0.6 is 0 Å². The molecule has 0 aromatic heterocycles. The van der Waals surface area contributed by atoms with Gasteiger partial charge in [0.05, 0.1) is 0 Å². The molecule has 1 rings (SSSR count). The molecule has 0 spiro atoms. The molecule has 0 N–H and O–H groups in total. The smallest absolute Gasteiger partial charge is 0.302 e. The van der Waals surface area contributed by atoms with Gasteiger partial charge in [0.25, 0.3) is 0 Å². The predicted octanol–water partition coefficient (Wildman–Crippen LogP) is 2.36. The average Bonchev–Trinajstić information content (AvgIpc) is 2.39. The van der Waals surface area contributed by atoms with Crippen molar-refractivity contribution in [3.05, 3.63) is 46.3 Å². The molecule has 0 amide bonds. The monoisotopic (exact) mass is 262 g/mol. The average molecular weight is 262 g/mol. The van der Waals surface area contributed by atoms with Crippen molar-refractivity contribution in [1.29, 1.82) is 0 Å². The Labute approximate surface area is 112 Å². The third kappa shape index (κ3) is 7.08. The minimum Gasteiger partial charge on any atom is -0.465 e. The van der Waals surface area contributed by atoms with Crippen LogP contribution in [0.3, 0.4) is 0 Å². The second-order valence-electron chi connectivity index (χ2n) is 4.06. The van der Waals surface area contributed by atoms with Crippen LogP contribution in [0.15, 0.2) is 35.4 Å².